The first kappa shape index (κ1) is 17.1. The van der Waals surface area contributed by atoms with Gasteiger partial charge in [0.25, 0.3) is 5.91 Å². The summed E-state index contributed by atoms with van der Waals surface area (Å²) in [7, 11) is 0. The second-order valence-electron chi connectivity index (χ2n) is 6.03. The van der Waals surface area contributed by atoms with Gasteiger partial charge in [-0.25, -0.2) is 4.98 Å². The zero-order chi connectivity index (χ0) is 18.6. The third kappa shape index (κ3) is 3.78. The summed E-state index contributed by atoms with van der Waals surface area (Å²) >= 11 is 1.39. The van der Waals surface area contributed by atoms with Gasteiger partial charge in [0.15, 0.2) is 0 Å². The number of benzene rings is 2. The van der Waals surface area contributed by atoms with Gasteiger partial charge in [0.2, 0.25) is 5.78 Å². The largest absolute Gasteiger partial charge is 0.346 e. The van der Waals surface area contributed by atoms with Crippen LogP contribution >= 0.6 is 11.3 Å². The third-order valence-corrected chi connectivity index (χ3v) is 5.26. The van der Waals surface area contributed by atoms with Gasteiger partial charge in [0, 0.05) is 15.8 Å². The topological polar surface area (TPSA) is 59.1 Å². The Morgan fingerprint density at radius 2 is 1.63 bits per heavy atom. The monoisotopic (exact) mass is 372 g/mol. The van der Waals surface area contributed by atoms with Crippen LogP contribution in [0.2, 0.25) is 0 Å². The van der Waals surface area contributed by atoms with Gasteiger partial charge in [0.05, 0.1) is 16.9 Å². The fourth-order valence-corrected chi connectivity index (χ4v) is 3.69. The molecule has 2 heterocycles. The smallest absolute Gasteiger partial charge is 0.270 e. The van der Waals surface area contributed by atoms with Crippen LogP contribution in [0.25, 0.3) is 10.9 Å². The lowest BCUT2D eigenvalue weighted by molar-refractivity contribution is 0.0946. The highest BCUT2D eigenvalue weighted by atomic mass is 32.1. The molecule has 4 nitrogen and oxygen atoms in total. The van der Waals surface area contributed by atoms with Crippen LogP contribution in [0.5, 0.6) is 0 Å². The number of nitrogens with zero attached hydrogens (tertiary/aromatic N) is 1. The van der Waals surface area contributed by atoms with E-state index in [9.17, 15) is 9.59 Å². The maximum atomic E-state index is 12.5. The molecule has 0 atom stereocenters. The Kier molecular flexibility index (Phi) is 4.77. The van der Waals surface area contributed by atoms with Gasteiger partial charge in [-0.15, -0.1) is 11.3 Å². The van der Waals surface area contributed by atoms with E-state index >= 15 is 0 Å². The number of nitrogens with one attached hydrogen (secondary N) is 1. The average molecular weight is 372 g/mol. The number of para-hydroxylation sites is 1. The number of amides is 1. The summed E-state index contributed by atoms with van der Waals surface area (Å²) in [6, 6.07) is 24.1. The minimum absolute atomic E-state index is 0.00521. The highest BCUT2D eigenvalue weighted by Crippen LogP contribution is 2.20. The summed E-state index contributed by atoms with van der Waals surface area (Å²) in [5, 5.41) is 3.87. The van der Waals surface area contributed by atoms with E-state index < -0.39 is 0 Å². The zero-order valence-electron chi connectivity index (χ0n) is 14.4. The molecule has 2 aromatic carbocycles. The number of pyridine rings is 1. The van der Waals surface area contributed by atoms with Gasteiger partial charge in [-0.3, -0.25) is 9.59 Å². The number of aromatic nitrogens is 1. The van der Waals surface area contributed by atoms with Crippen molar-refractivity contribution in [3.63, 3.8) is 0 Å². The van der Waals surface area contributed by atoms with Crippen molar-refractivity contribution in [3.05, 3.63) is 99.9 Å². The number of hydrogen-bond donors (Lipinski definition) is 1. The van der Waals surface area contributed by atoms with Gasteiger partial charge in [0.1, 0.15) is 5.69 Å². The molecule has 0 saturated carbocycles. The van der Waals surface area contributed by atoms with Gasteiger partial charge < -0.3 is 5.32 Å². The molecule has 2 aromatic heterocycles. The van der Waals surface area contributed by atoms with E-state index in [2.05, 4.69) is 10.3 Å². The summed E-state index contributed by atoms with van der Waals surface area (Å²) in [4.78, 5) is 30.8. The van der Waals surface area contributed by atoms with E-state index in [0.717, 1.165) is 15.8 Å². The molecule has 4 aromatic rings. The van der Waals surface area contributed by atoms with Crippen LogP contribution in [0, 0.1) is 0 Å². The van der Waals surface area contributed by atoms with Gasteiger partial charge in [-0.1, -0.05) is 54.6 Å². The van der Waals surface area contributed by atoms with Gasteiger partial charge in [-0.05, 0) is 24.3 Å². The van der Waals surface area contributed by atoms with E-state index in [1.807, 2.05) is 54.6 Å². The number of carbonyl (C=O) groups is 2. The minimum Gasteiger partial charge on any atom is -0.346 e. The molecular formula is C22H16N2O2S. The highest BCUT2D eigenvalue weighted by Gasteiger charge is 2.13. The van der Waals surface area contributed by atoms with E-state index in [4.69, 9.17) is 0 Å². The second kappa shape index (κ2) is 7.51. The van der Waals surface area contributed by atoms with Crippen molar-refractivity contribution in [1.29, 1.82) is 0 Å². The molecule has 27 heavy (non-hydrogen) atoms. The SMILES string of the molecule is O=C(NCc1ccc(C(=O)c2ccccc2)s1)c1ccc2ccccc2n1. The van der Waals surface area contributed by atoms with Crippen molar-refractivity contribution in [1.82, 2.24) is 10.3 Å². The van der Waals surface area contributed by atoms with Crippen molar-refractivity contribution in [2.45, 2.75) is 6.54 Å². The van der Waals surface area contributed by atoms with Crippen LogP contribution in [-0.2, 0) is 6.54 Å². The van der Waals surface area contributed by atoms with Crippen LogP contribution in [0.4, 0.5) is 0 Å². The fraction of sp³-hybridized carbons (Fsp3) is 0.0455. The molecule has 4 rings (SSSR count). The molecule has 1 amide bonds. The fourth-order valence-electron chi connectivity index (χ4n) is 2.78. The van der Waals surface area contributed by atoms with E-state index in [1.165, 1.54) is 11.3 Å². The molecule has 0 unspecified atom stereocenters. The molecule has 0 radical (unpaired) electrons. The number of fused-ring (bicyclic) bond motifs is 1. The first-order valence-electron chi connectivity index (χ1n) is 8.53. The van der Waals surface area contributed by atoms with Gasteiger partial charge >= 0.3 is 0 Å². The summed E-state index contributed by atoms with van der Waals surface area (Å²) in [5.41, 5.74) is 1.83. The Bertz CT molecular complexity index is 1120. The van der Waals surface area contributed by atoms with Crippen molar-refractivity contribution >= 4 is 33.9 Å². The van der Waals surface area contributed by atoms with Crippen LogP contribution < -0.4 is 5.32 Å². The molecule has 132 valence electrons. The maximum absolute atomic E-state index is 12.5. The third-order valence-electron chi connectivity index (χ3n) is 4.18. The summed E-state index contributed by atoms with van der Waals surface area (Å²) < 4.78 is 0. The number of rotatable bonds is 5. The molecule has 0 bridgehead atoms. The maximum Gasteiger partial charge on any atom is 0.270 e. The lowest BCUT2D eigenvalue weighted by Crippen LogP contribution is -2.23. The van der Waals surface area contributed by atoms with Crippen LogP contribution in [0.15, 0.2) is 78.9 Å². The molecule has 0 saturated heterocycles. The van der Waals surface area contributed by atoms with Crippen LogP contribution in [0.1, 0.15) is 30.6 Å². The molecule has 0 aliphatic rings. The summed E-state index contributed by atoms with van der Waals surface area (Å²) in [6.45, 7) is 0.361. The predicted octanol–water partition coefficient (Wildman–Crippen LogP) is 4.46. The number of carbonyl (C=O) groups excluding carboxylic acids is 2. The average Bonchev–Trinajstić information content (AvgIpc) is 3.21. The van der Waals surface area contributed by atoms with E-state index in [0.29, 0.717) is 22.7 Å². The lowest BCUT2D eigenvalue weighted by Gasteiger charge is -2.04. The quantitative estimate of drug-likeness (QED) is 0.526. The second-order valence-corrected chi connectivity index (χ2v) is 7.20. The Morgan fingerprint density at radius 3 is 2.48 bits per heavy atom. The van der Waals surface area contributed by atoms with Crippen LogP contribution in [-0.4, -0.2) is 16.7 Å². The number of hydrogen-bond acceptors (Lipinski definition) is 4. The molecule has 0 fully saturated rings. The number of ketones is 1. The molecule has 0 aliphatic carbocycles. The molecule has 1 N–H and O–H groups in total. The Hall–Kier alpha value is -3.31. The zero-order valence-corrected chi connectivity index (χ0v) is 15.2. The minimum atomic E-state index is -0.231. The van der Waals surface area contributed by atoms with Crippen LogP contribution in [0.3, 0.4) is 0 Å². The van der Waals surface area contributed by atoms with Crippen molar-refractivity contribution in [2.75, 3.05) is 0 Å². The normalized spacial score (nSPS) is 10.7. The first-order chi connectivity index (χ1) is 13.2. The Labute approximate surface area is 160 Å². The molecular weight excluding hydrogens is 356 g/mol. The number of thiophene rings is 1. The highest BCUT2D eigenvalue weighted by molar-refractivity contribution is 7.14. The lowest BCUT2D eigenvalue weighted by atomic mass is 10.1. The van der Waals surface area contributed by atoms with E-state index in [1.54, 1.807) is 24.3 Å². The molecule has 0 spiro atoms. The Morgan fingerprint density at radius 1 is 0.852 bits per heavy atom. The van der Waals surface area contributed by atoms with Gasteiger partial charge in [-0.2, -0.15) is 0 Å². The van der Waals surface area contributed by atoms with Crippen molar-refractivity contribution < 1.29 is 9.59 Å². The summed E-state index contributed by atoms with van der Waals surface area (Å²) in [6.07, 6.45) is 0. The Balaban J connectivity index is 1.43. The predicted molar refractivity (Wildman–Crippen MR) is 107 cm³/mol. The van der Waals surface area contributed by atoms with E-state index in [-0.39, 0.29) is 11.7 Å². The van der Waals surface area contributed by atoms with Crippen molar-refractivity contribution in [3.8, 4) is 0 Å². The van der Waals surface area contributed by atoms with Crippen molar-refractivity contribution in [2.24, 2.45) is 0 Å². The molecule has 0 aliphatic heterocycles. The summed E-state index contributed by atoms with van der Waals surface area (Å²) in [5.74, 6) is -0.237. The molecule has 5 heteroatoms. The standard InChI is InChI=1S/C22H16N2O2S/c25-21(16-7-2-1-3-8-16)20-13-11-17(27-20)14-23-22(26)19-12-10-15-6-4-5-9-18(15)24-19/h1-13H,14H2,(H,23,26). The first-order valence-corrected chi connectivity index (χ1v) is 9.35.